The van der Waals surface area contributed by atoms with Gasteiger partial charge in [-0.05, 0) is 82.9 Å². The second-order valence-electron chi connectivity index (χ2n) is 5.72. The van der Waals surface area contributed by atoms with Crippen LogP contribution in [0.2, 0.25) is 0 Å². The van der Waals surface area contributed by atoms with Crippen LogP contribution in [-0.4, -0.2) is 20.8 Å². The van der Waals surface area contributed by atoms with Gasteiger partial charge in [-0.1, -0.05) is 6.07 Å². The van der Waals surface area contributed by atoms with E-state index in [1.165, 1.54) is 16.7 Å². The van der Waals surface area contributed by atoms with E-state index in [-0.39, 0.29) is 23.0 Å². The van der Waals surface area contributed by atoms with Crippen molar-refractivity contribution in [1.82, 2.24) is 5.32 Å². The first-order chi connectivity index (χ1) is 11.1. The summed E-state index contributed by atoms with van der Waals surface area (Å²) in [4.78, 5) is 0. The third-order valence-corrected chi connectivity index (χ3v) is 5.24. The van der Waals surface area contributed by atoms with Crippen molar-refractivity contribution < 1.29 is 9.47 Å². The second kappa shape index (κ2) is 8.40. The van der Waals surface area contributed by atoms with Gasteiger partial charge < -0.3 is 20.5 Å². The number of methoxy groups -OCH3 is 2. The molecule has 24 heavy (non-hydrogen) atoms. The van der Waals surface area contributed by atoms with Crippen LogP contribution in [0.15, 0.2) is 30.3 Å². The van der Waals surface area contributed by atoms with Crippen molar-refractivity contribution in [3.05, 3.63) is 50.6 Å². The number of anilines is 1. The molecule has 0 fully saturated rings. The summed E-state index contributed by atoms with van der Waals surface area (Å²) in [5.41, 5.74) is 10.6. The Morgan fingerprint density at radius 3 is 2.54 bits per heavy atom. The molecule has 1 aliphatic rings. The first-order valence-corrected chi connectivity index (χ1v) is 8.72. The number of nitrogens with two attached hydrogens (primary N) is 1. The van der Waals surface area contributed by atoms with Crippen LogP contribution in [0.1, 0.15) is 22.7 Å². The van der Waals surface area contributed by atoms with Crippen LogP contribution in [0.4, 0.5) is 5.69 Å². The van der Waals surface area contributed by atoms with Crippen molar-refractivity contribution in [2.24, 2.45) is 0 Å². The van der Waals surface area contributed by atoms with Gasteiger partial charge in [0.25, 0.3) is 0 Å². The maximum Gasteiger partial charge on any atom is 0.161 e. The number of hydrogen-bond donors (Lipinski definition) is 2. The molecule has 0 radical (unpaired) electrons. The van der Waals surface area contributed by atoms with E-state index >= 15 is 0 Å². The Balaban J connectivity index is 0.00000208. The topological polar surface area (TPSA) is 56.5 Å². The number of hydrogen-bond acceptors (Lipinski definition) is 4. The molecule has 1 unspecified atom stereocenters. The highest BCUT2D eigenvalue weighted by atomic mass is 127. The Kier molecular flexibility index (Phi) is 6.77. The molecule has 0 aromatic heterocycles. The molecule has 6 heteroatoms. The highest BCUT2D eigenvalue weighted by molar-refractivity contribution is 14.1. The summed E-state index contributed by atoms with van der Waals surface area (Å²) in [6, 6.07) is 10.7. The number of nitrogens with one attached hydrogen (secondary N) is 1. The zero-order valence-electron chi connectivity index (χ0n) is 13.8. The third-order valence-electron chi connectivity index (χ3n) is 4.31. The predicted molar refractivity (Wildman–Crippen MR) is 112 cm³/mol. The van der Waals surface area contributed by atoms with Crippen molar-refractivity contribution in [1.29, 1.82) is 0 Å². The predicted octanol–water partition coefficient (Wildman–Crippen LogP) is 3.90. The SMILES string of the molecule is Br.COc1cc2c(cc1OC)C(Cc1ccc(N)c(I)c1)NCC2. The Hall–Kier alpha value is -0.990. The maximum absolute atomic E-state index is 5.91. The minimum Gasteiger partial charge on any atom is -0.493 e. The highest BCUT2D eigenvalue weighted by Crippen LogP contribution is 2.36. The molecule has 0 bridgehead atoms. The number of benzene rings is 2. The smallest absolute Gasteiger partial charge is 0.161 e. The van der Waals surface area contributed by atoms with Gasteiger partial charge in [0.1, 0.15) is 0 Å². The summed E-state index contributed by atoms with van der Waals surface area (Å²) in [5, 5.41) is 3.62. The molecule has 0 amide bonds. The molecule has 1 aliphatic heterocycles. The van der Waals surface area contributed by atoms with Gasteiger partial charge in [0, 0.05) is 15.3 Å². The van der Waals surface area contributed by atoms with Crippen LogP contribution in [0.25, 0.3) is 0 Å². The van der Waals surface area contributed by atoms with Crippen LogP contribution in [0.5, 0.6) is 11.5 Å². The molecular formula is C18H22BrIN2O2. The molecule has 2 aromatic carbocycles. The molecule has 130 valence electrons. The highest BCUT2D eigenvalue weighted by Gasteiger charge is 2.23. The summed E-state index contributed by atoms with van der Waals surface area (Å²) in [6.45, 7) is 0.971. The van der Waals surface area contributed by atoms with Gasteiger partial charge in [0.15, 0.2) is 11.5 Å². The minimum absolute atomic E-state index is 0. The lowest BCUT2D eigenvalue weighted by Crippen LogP contribution is -2.31. The average molecular weight is 505 g/mol. The molecule has 0 aliphatic carbocycles. The number of ether oxygens (including phenoxy) is 2. The standard InChI is InChI=1S/C18H21IN2O2.BrH/c1-22-17-9-12-5-6-21-16(13(12)10-18(17)23-2)8-11-3-4-15(20)14(19)7-11;/h3-4,7,9-10,16,21H,5-6,8,20H2,1-2H3;1H. The van der Waals surface area contributed by atoms with E-state index in [2.05, 4.69) is 52.2 Å². The zero-order chi connectivity index (χ0) is 16.4. The summed E-state index contributed by atoms with van der Waals surface area (Å²) in [5.74, 6) is 1.58. The van der Waals surface area contributed by atoms with Crippen molar-refractivity contribution in [3.8, 4) is 11.5 Å². The van der Waals surface area contributed by atoms with Gasteiger partial charge in [0.05, 0.1) is 14.2 Å². The molecule has 0 saturated heterocycles. The average Bonchev–Trinajstić information content (AvgIpc) is 2.57. The fraction of sp³-hybridized carbons (Fsp3) is 0.333. The number of halogens is 2. The lowest BCUT2D eigenvalue weighted by atomic mass is 9.90. The molecule has 1 heterocycles. The second-order valence-corrected chi connectivity index (χ2v) is 6.88. The van der Waals surface area contributed by atoms with E-state index in [9.17, 15) is 0 Å². The Bertz CT molecular complexity index is 724. The van der Waals surface area contributed by atoms with E-state index in [1.54, 1.807) is 14.2 Å². The summed E-state index contributed by atoms with van der Waals surface area (Å²) in [7, 11) is 3.36. The lowest BCUT2D eigenvalue weighted by molar-refractivity contribution is 0.352. The van der Waals surface area contributed by atoms with Crippen molar-refractivity contribution in [2.75, 3.05) is 26.5 Å². The monoisotopic (exact) mass is 504 g/mol. The van der Waals surface area contributed by atoms with Gasteiger partial charge in [0.2, 0.25) is 0 Å². The molecule has 0 spiro atoms. The Morgan fingerprint density at radius 2 is 1.88 bits per heavy atom. The van der Waals surface area contributed by atoms with Crippen molar-refractivity contribution in [2.45, 2.75) is 18.9 Å². The first kappa shape index (κ1) is 19.3. The lowest BCUT2D eigenvalue weighted by Gasteiger charge is -2.28. The fourth-order valence-corrected chi connectivity index (χ4v) is 3.66. The number of fused-ring (bicyclic) bond motifs is 1. The normalized spacial score (nSPS) is 16.0. The molecule has 3 rings (SSSR count). The van der Waals surface area contributed by atoms with Crippen LogP contribution < -0.4 is 20.5 Å². The Labute approximate surface area is 167 Å². The largest absolute Gasteiger partial charge is 0.493 e. The third kappa shape index (κ3) is 3.97. The summed E-state index contributed by atoms with van der Waals surface area (Å²) >= 11 is 2.28. The van der Waals surface area contributed by atoms with Crippen LogP contribution >= 0.6 is 39.6 Å². The van der Waals surface area contributed by atoms with Gasteiger partial charge in [-0.2, -0.15) is 0 Å². The Morgan fingerprint density at radius 1 is 1.17 bits per heavy atom. The summed E-state index contributed by atoms with van der Waals surface area (Å²) < 4.78 is 12.0. The van der Waals surface area contributed by atoms with Gasteiger partial charge in [-0.3, -0.25) is 0 Å². The van der Waals surface area contributed by atoms with Crippen molar-refractivity contribution in [3.63, 3.8) is 0 Å². The van der Waals surface area contributed by atoms with E-state index < -0.39 is 0 Å². The van der Waals surface area contributed by atoms with E-state index in [0.29, 0.717) is 0 Å². The number of nitrogen functional groups attached to an aromatic ring is 1. The molecule has 2 aromatic rings. The van der Waals surface area contributed by atoms with E-state index in [1.807, 2.05) is 6.07 Å². The minimum atomic E-state index is 0. The van der Waals surface area contributed by atoms with Gasteiger partial charge >= 0.3 is 0 Å². The fourth-order valence-electron chi connectivity index (χ4n) is 3.08. The quantitative estimate of drug-likeness (QED) is 0.489. The van der Waals surface area contributed by atoms with Crippen LogP contribution in [-0.2, 0) is 12.8 Å². The first-order valence-electron chi connectivity index (χ1n) is 7.64. The molecule has 4 nitrogen and oxygen atoms in total. The maximum atomic E-state index is 5.91. The molecule has 0 saturated carbocycles. The summed E-state index contributed by atoms with van der Waals surface area (Å²) in [6.07, 6.45) is 1.93. The van der Waals surface area contributed by atoms with E-state index in [4.69, 9.17) is 15.2 Å². The van der Waals surface area contributed by atoms with Gasteiger partial charge in [-0.15, -0.1) is 17.0 Å². The van der Waals surface area contributed by atoms with Gasteiger partial charge in [-0.25, -0.2) is 0 Å². The molecule has 3 N–H and O–H groups in total. The van der Waals surface area contributed by atoms with Crippen LogP contribution in [0.3, 0.4) is 0 Å². The van der Waals surface area contributed by atoms with E-state index in [0.717, 1.165) is 40.1 Å². The molecule has 1 atom stereocenters. The number of rotatable bonds is 4. The van der Waals surface area contributed by atoms with Crippen LogP contribution in [0, 0.1) is 3.57 Å². The zero-order valence-corrected chi connectivity index (χ0v) is 17.6. The molecular weight excluding hydrogens is 483 g/mol. The van der Waals surface area contributed by atoms with Crippen molar-refractivity contribution >= 4 is 45.3 Å².